The molecule has 1 aromatic heterocycles. The van der Waals surface area contributed by atoms with E-state index >= 15 is 0 Å². The van der Waals surface area contributed by atoms with Gasteiger partial charge in [0.2, 0.25) is 5.82 Å². The second-order valence-corrected chi connectivity index (χ2v) is 9.50. The van der Waals surface area contributed by atoms with E-state index in [2.05, 4.69) is 31.0 Å². The standard InChI is InChI=1S/C25H20F3N7OS/c1-15-32-35(24(37-15)29-23(36)20-8-4-5-9-21(20)25(26,27)28)14-16-10-12-17(13-11-16)18-6-2-3-7-19(18)22-30-33-34-31-22/h2-13,15,32H,14H2,1H3,(H,30,31,33,34). The highest BCUT2D eigenvalue weighted by Crippen LogP contribution is 2.33. The number of hydrogen-bond donors (Lipinski definition) is 2. The van der Waals surface area contributed by atoms with Crippen LogP contribution in [-0.2, 0) is 12.7 Å². The summed E-state index contributed by atoms with van der Waals surface area (Å²) < 4.78 is 40.1. The lowest BCUT2D eigenvalue weighted by Gasteiger charge is -2.19. The average molecular weight is 524 g/mol. The monoisotopic (exact) mass is 523 g/mol. The van der Waals surface area contributed by atoms with Crippen LogP contribution < -0.4 is 5.43 Å². The van der Waals surface area contributed by atoms with E-state index in [-0.39, 0.29) is 5.37 Å². The summed E-state index contributed by atoms with van der Waals surface area (Å²) in [6, 6.07) is 20.2. The lowest BCUT2D eigenvalue weighted by Crippen LogP contribution is -2.36. The van der Waals surface area contributed by atoms with Crippen LogP contribution in [0.2, 0.25) is 0 Å². The van der Waals surface area contributed by atoms with Crippen molar-refractivity contribution < 1.29 is 18.0 Å². The number of halogens is 3. The summed E-state index contributed by atoms with van der Waals surface area (Å²) in [6.45, 7) is 2.24. The lowest BCUT2D eigenvalue weighted by atomic mass is 9.98. The number of nitrogens with zero attached hydrogens (tertiary/aromatic N) is 5. The van der Waals surface area contributed by atoms with Gasteiger partial charge in [0, 0.05) is 5.56 Å². The summed E-state index contributed by atoms with van der Waals surface area (Å²) >= 11 is 1.27. The highest BCUT2D eigenvalue weighted by atomic mass is 32.2. The molecule has 37 heavy (non-hydrogen) atoms. The topological polar surface area (TPSA) is 99.2 Å². The summed E-state index contributed by atoms with van der Waals surface area (Å²) in [6.07, 6.45) is -4.65. The number of aliphatic imine (C=N–C) groups is 1. The molecule has 2 N–H and O–H groups in total. The predicted molar refractivity (Wildman–Crippen MR) is 134 cm³/mol. The number of aromatic amines is 1. The van der Waals surface area contributed by atoms with Gasteiger partial charge in [-0.3, -0.25) is 9.80 Å². The molecule has 1 unspecified atom stereocenters. The number of alkyl halides is 3. The maximum absolute atomic E-state index is 13.4. The molecule has 0 spiro atoms. The Morgan fingerprint density at radius 2 is 1.73 bits per heavy atom. The van der Waals surface area contributed by atoms with Crippen LogP contribution in [-0.4, -0.2) is 42.1 Å². The zero-order valence-electron chi connectivity index (χ0n) is 19.4. The van der Waals surface area contributed by atoms with Crippen LogP contribution >= 0.6 is 11.8 Å². The maximum Gasteiger partial charge on any atom is 0.417 e. The third kappa shape index (κ3) is 5.39. The molecule has 0 saturated carbocycles. The van der Waals surface area contributed by atoms with Crippen LogP contribution in [0.5, 0.6) is 0 Å². The number of carbonyl (C=O) groups excluding carboxylic acids is 1. The zero-order valence-corrected chi connectivity index (χ0v) is 20.2. The van der Waals surface area contributed by atoms with Crippen molar-refractivity contribution in [3.63, 3.8) is 0 Å². The largest absolute Gasteiger partial charge is 0.417 e. The lowest BCUT2D eigenvalue weighted by molar-refractivity contribution is -0.137. The fraction of sp³-hybridized carbons (Fsp3) is 0.160. The fourth-order valence-corrected chi connectivity index (χ4v) is 4.84. The Balaban J connectivity index is 1.37. The first-order valence-corrected chi connectivity index (χ1v) is 12.1. The smallest absolute Gasteiger partial charge is 0.281 e. The van der Waals surface area contributed by atoms with Gasteiger partial charge >= 0.3 is 6.18 Å². The molecule has 8 nitrogen and oxygen atoms in total. The Bertz CT molecular complexity index is 1440. The van der Waals surface area contributed by atoms with Crippen molar-refractivity contribution in [3.8, 4) is 22.5 Å². The van der Waals surface area contributed by atoms with Crippen LogP contribution in [0, 0.1) is 0 Å². The Kier molecular flexibility index (Phi) is 6.76. The van der Waals surface area contributed by atoms with Gasteiger partial charge in [-0.25, -0.2) is 5.43 Å². The molecule has 1 fully saturated rings. The van der Waals surface area contributed by atoms with Gasteiger partial charge in [-0.2, -0.15) is 23.4 Å². The minimum Gasteiger partial charge on any atom is -0.281 e. The number of benzene rings is 3. The van der Waals surface area contributed by atoms with Gasteiger partial charge in [0.05, 0.1) is 23.0 Å². The second kappa shape index (κ2) is 10.1. The number of hydrazine groups is 1. The number of hydrogen-bond acceptors (Lipinski definition) is 6. The molecule has 1 aliphatic heterocycles. The van der Waals surface area contributed by atoms with E-state index in [1.54, 1.807) is 5.01 Å². The van der Waals surface area contributed by atoms with Crippen molar-refractivity contribution in [2.45, 2.75) is 25.0 Å². The number of amides is 1. The van der Waals surface area contributed by atoms with Crippen molar-refractivity contribution in [2.75, 3.05) is 0 Å². The summed E-state index contributed by atoms with van der Waals surface area (Å²) in [5.74, 6) is -0.450. The van der Waals surface area contributed by atoms with Crippen molar-refractivity contribution in [1.29, 1.82) is 0 Å². The van der Waals surface area contributed by atoms with Gasteiger partial charge in [0.15, 0.2) is 5.17 Å². The van der Waals surface area contributed by atoms with E-state index in [9.17, 15) is 18.0 Å². The number of nitrogens with one attached hydrogen (secondary N) is 2. The van der Waals surface area contributed by atoms with Crippen molar-refractivity contribution >= 4 is 22.8 Å². The van der Waals surface area contributed by atoms with Crippen LogP contribution in [0.3, 0.4) is 0 Å². The van der Waals surface area contributed by atoms with E-state index < -0.39 is 23.2 Å². The van der Waals surface area contributed by atoms with Gasteiger partial charge in [0.1, 0.15) is 0 Å². The molecule has 1 atom stereocenters. The van der Waals surface area contributed by atoms with Crippen LogP contribution in [0.25, 0.3) is 22.5 Å². The second-order valence-electron chi connectivity index (χ2n) is 8.20. The first-order chi connectivity index (χ1) is 17.8. The molecule has 4 aromatic rings. The summed E-state index contributed by atoms with van der Waals surface area (Å²) in [5.41, 5.74) is 5.35. The van der Waals surface area contributed by atoms with Crippen molar-refractivity contribution in [1.82, 2.24) is 31.1 Å². The molecule has 3 aromatic carbocycles. The van der Waals surface area contributed by atoms with Gasteiger partial charge in [-0.15, -0.1) is 10.2 Å². The number of H-pyrrole nitrogens is 1. The zero-order chi connectivity index (χ0) is 26.0. The van der Waals surface area contributed by atoms with E-state index in [0.29, 0.717) is 17.5 Å². The molecule has 2 heterocycles. The summed E-state index contributed by atoms with van der Waals surface area (Å²) in [7, 11) is 0. The molecule has 0 bridgehead atoms. The number of carbonyl (C=O) groups is 1. The maximum atomic E-state index is 13.4. The molecule has 1 aliphatic rings. The van der Waals surface area contributed by atoms with Gasteiger partial charge in [0.25, 0.3) is 5.91 Å². The third-order valence-electron chi connectivity index (χ3n) is 5.63. The average Bonchev–Trinajstić information content (AvgIpc) is 3.54. The van der Waals surface area contributed by atoms with E-state index in [1.165, 1.54) is 23.9 Å². The number of tetrazole rings is 1. The normalized spacial score (nSPS) is 16.9. The summed E-state index contributed by atoms with van der Waals surface area (Å²) in [5, 5.41) is 16.1. The molecular formula is C25H20F3N7OS. The first-order valence-electron chi connectivity index (χ1n) is 11.2. The van der Waals surface area contributed by atoms with Gasteiger partial charge in [-0.1, -0.05) is 72.4 Å². The minimum absolute atomic E-state index is 0.106. The van der Waals surface area contributed by atoms with Crippen molar-refractivity contribution in [3.05, 3.63) is 89.5 Å². The fourth-order valence-electron chi connectivity index (χ4n) is 3.96. The molecule has 12 heteroatoms. The number of aromatic nitrogens is 4. The minimum atomic E-state index is -4.65. The highest BCUT2D eigenvalue weighted by molar-refractivity contribution is 8.14. The first kappa shape index (κ1) is 24.7. The number of thioether (sulfide) groups is 1. The van der Waals surface area contributed by atoms with Crippen LogP contribution in [0.1, 0.15) is 28.4 Å². The molecule has 0 radical (unpaired) electrons. The van der Waals surface area contributed by atoms with Gasteiger partial charge in [-0.05, 0) is 41.0 Å². The summed E-state index contributed by atoms with van der Waals surface area (Å²) in [4.78, 5) is 16.8. The van der Waals surface area contributed by atoms with Crippen LogP contribution in [0.4, 0.5) is 13.2 Å². The molecule has 5 rings (SSSR count). The predicted octanol–water partition coefficient (Wildman–Crippen LogP) is 5.15. The Morgan fingerprint density at radius 1 is 1.03 bits per heavy atom. The Labute approximate surface area is 214 Å². The molecule has 1 amide bonds. The van der Waals surface area contributed by atoms with Crippen LogP contribution in [0.15, 0.2) is 77.8 Å². The number of rotatable bonds is 5. The molecule has 1 saturated heterocycles. The van der Waals surface area contributed by atoms with E-state index in [1.807, 2.05) is 55.5 Å². The van der Waals surface area contributed by atoms with Crippen molar-refractivity contribution in [2.24, 2.45) is 4.99 Å². The SMILES string of the molecule is CC1NN(Cc2ccc(-c3ccccc3-c3nn[nH]n3)cc2)C(=NC(=O)c2ccccc2C(F)(F)F)S1. The Morgan fingerprint density at radius 3 is 2.43 bits per heavy atom. The van der Waals surface area contributed by atoms with Gasteiger partial charge < -0.3 is 0 Å². The Hall–Kier alpha value is -4.03. The number of amidine groups is 1. The molecule has 188 valence electrons. The molecular weight excluding hydrogens is 503 g/mol. The van der Waals surface area contributed by atoms with E-state index in [0.717, 1.165) is 34.4 Å². The third-order valence-corrected chi connectivity index (χ3v) is 6.61. The highest BCUT2D eigenvalue weighted by Gasteiger charge is 2.35. The molecule has 0 aliphatic carbocycles. The quantitative estimate of drug-likeness (QED) is 0.373. The van der Waals surface area contributed by atoms with E-state index in [4.69, 9.17) is 0 Å².